The summed E-state index contributed by atoms with van der Waals surface area (Å²) < 4.78 is 5.03. The predicted molar refractivity (Wildman–Crippen MR) is 147 cm³/mol. The first kappa shape index (κ1) is 25.9. The zero-order valence-corrected chi connectivity index (χ0v) is 21.9. The number of aromatic nitrogens is 1. The number of hydrogen-bond acceptors (Lipinski definition) is 8. The van der Waals surface area contributed by atoms with Crippen molar-refractivity contribution in [1.29, 1.82) is 0 Å². The molecule has 9 heteroatoms. The van der Waals surface area contributed by atoms with Crippen molar-refractivity contribution < 1.29 is 29.3 Å². The van der Waals surface area contributed by atoms with Gasteiger partial charge in [-0.3, -0.25) is 14.5 Å². The fraction of sp³-hybridized carbons (Fsp3) is 0.133. The van der Waals surface area contributed by atoms with Gasteiger partial charge in [0.05, 0.1) is 34.4 Å². The maximum Gasteiger partial charge on any atom is 0.338 e. The van der Waals surface area contributed by atoms with Crippen molar-refractivity contribution >= 4 is 34.7 Å². The van der Waals surface area contributed by atoms with Gasteiger partial charge in [-0.25, -0.2) is 9.78 Å². The van der Waals surface area contributed by atoms with Crippen LogP contribution in [0.3, 0.4) is 0 Å². The Bertz CT molecular complexity index is 1610. The molecule has 4 aromatic rings. The molecule has 1 aliphatic rings. The minimum absolute atomic E-state index is 0.0592. The number of rotatable bonds is 7. The number of ether oxygens (including phenoxy) is 1. The lowest BCUT2D eigenvalue weighted by Gasteiger charge is -2.27. The number of phenolic OH excluding ortho intramolecular Hbond substituents is 1. The van der Waals surface area contributed by atoms with Gasteiger partial charge in [0.1, 0.15) is 10.8 Å². The summed E-state index contributed by atoms with van der Waals surface area (Å²) in [5.74, 6) is -2.56. The van der Waals surface area contributed by atoms with E-state index >= 15 is 0 Å². The van der Waals surface area contributed by atoms with Crippen molar-refractivity contribution in [2.24, 2.45) is 0 Å². The topological polar surface area (TPSA) is 117 Å². The highest BCUT2D eigenvalue weighted by molar-refractivity contribution is 7.17. The summed E-state index contributed by atoms with van der Waals surface area (Å²) in [5, 5.41) is 21.9. The van der Waals surface area contributed by atoms with Gasteiger partial charge in [0, 0.05) is 11.3 Å². The summed E-state index contributed by atoms with van der Waals surface area (Å²) in [4.78, 5) is 45.7. The maximum atomic E-state index is 14.0. The van der Waals surface area contributed by atoms with Crippen LogP contribution >= 0.6 is 11.3 Å². The Morgan fingerprint density at radius 1 is 1.00 bits per heavy atom. The van der Waals surface area contributed by atoms with Crippen molar-refractivity contribution in [3.8, 4) is 16.3 Å². The van der Waals surface area contributed by atoms with Crippen molar-refractivity contribution in [2.45, 2.75) is 19.9 Å². The summed E-state index contributed by atoms with van der Waals surface area (Å²) >= 11 is 1.18. The van der Waals surface area contributed by atoms with Crippen LogP contribution in [0.25, 0.3) is 10.6 Å². The van der Waals surface area contributed by atoms with E-state index in [9.17, 15) is 24.6 Å². The van der Waals surface area contributed by atoms with E-state index in [1.165, 1.54) is 40.5 Å². The van der Waals surface area contributed by atoms with E-state index in [-0.39, 0.29) is 17.9 Å². The molecule has 0 saturated carbocycles. The number of nitrogens with zero attached hydrogens (tertiary/aromatic N) is 2. The molecule has 0 spiro atoms. The summed E-state index contributed by atoms with van der Waals surface area (Å²) in [6, 6.07) is 20.7. The van der Waals surface area contributed by atoms with Gasteiger partial charge < -0.3 is 14.9 Å². The zero-order chi connectivity index (χ0) is 27.7. The SMILES string of the molecule is CCOC(=O)c1ccc(N2C(=O)C(O)=C(C(=O)c3sc(-c4ccccc4)nc3C)C2c2cccc(O)c2)cc1. The van der Waals surface area contributed by atoms with Crippen LogP contribution in [0.15, 0.2) is 90.2 Å². The predicted octanol–water partition coefficient (Wildman–Crippen LogP) is 5.78. The Balaban J connectivity index is 1.59. The lowest BCUT2D eigenvalue weighted by Crippen LogP contribution is -2.31. The molecule has 1 aromatic heterocycles. The van der Waals surface area contributed by atoms with E-state index in [2.05, 4.69) is 4.98 Å². The number of aryl methyl sites for hydroxylation is 1. The number of anilines is 1. The molecule has 2 N–H and O–H groups in total. The van der Waals surface area contributed by atoms with Crippen LogP contribution in [-0.4, -0.2) is 39.5 Å². The molecule has 196 valence electrons. The summed E-state index contributed by atoms with van der Waals surface area (Å²) in [6.45, 7) is 3.63. The van der Waals surface area contributed by atoms with E-state index in [4.69, 9.17) is 4.74 Å². The minimum atomic E-state index is -1.03. The van der Waals surface area contributed by atoms with Gasteiger partial charge >= 0.3 is 5.97 Å². The molecule has 0 saturated heterocycles. The molecular formula is C30H24N2O6S. The van der Waals surface area contributed by atoms with E-state index in [1.54, 1.807) is 38.1 Å². The number of aromatic hydroxyl groups is 1. The van der Waals surface area contributed by atoms with Crippen LogP contribution in [0.5, 0.6) is 5.75 Å². The largest absolute Gasteiger partial charge is 0.508 e. The average Bonchev–Trinajstić information content (AvgIpc) is 3.46. The zero-order valence-electron chi connectivity index (χ0n) is 21.1. The highest BCUT2D eigenvalue weighted by Gasteiger charge is 2.45. The molecule has 1 unspecified atom stereocenters. The van der Waals surface area contributed by atoms with Crippen LogP contribution in [0.4, 0.5) is 5.69 Å². The average molecular weight is 541 g/mol. The van der Waals surface area contributed by atoms with Gasteiger partial charge in [-0.2, -0.15) is 0 Å². The number of thiazole rings is 1. The first-order valence-corrected chi connectivity index (χ1v) is 13.0. The number of ketones is 1. The van der Waals surface area contributed by atoms with Crippen LogP contribution in [-0.2, 0) is 9.53 Å². The molecular weight excluding hydrogens is 516 g/mol. The van der Waals surface area contributed by atoms with Gasteiger partial charge in [-0.15, -0.1) is 11.3 Å². The number of Topliss-reactive ketones (excluding diaryl/α,β-unsaturated/α-hetero) is 1. The number of benzene rings is 3. The maximum absolute atomic E-state index is 14.0. The first-order chi connectivity index (χ1) is 18.8. The minimum Gasteiger partial charge on any atom is -0.508 e. The van der Waals surface area contributed by atoms with Crippen molar-refractivity contribution in [1.82, 2.24) is 4.98 Å². The van der Waals surface area contributed by atoms with E-state index in [0.717, 1.165) is 5.56 Å². The van der Waals surface area contributed by atoms with Crippen molar-refractivity contribution in [3.05, 3.63) is 112 Å². The Hall–Kier alpha value is -4.76. The third-order valence-electron chi connectivity index (χ3n) is 6.32. The van der Waals surface area contributed by atoms with Gasteiger partial charge in [-0.1, -0.05) is 42.5 Å². The Morgan fingerprint density at radius 3 is 2.38 bits per heavy atom. The van der Waals surface area contributed by atoms with Crippen LogP contribution in [0.1, 0.15) is 44.3 Å². The molecule has 0 fully saturated rings. The fourth-order valence-electron chi connectivity index (χ4n) is 4.52. The molecule has 2 heterocycles. The Labute approximate surface area is 228 Å². The Kier molecular flexibility index (Phi) is 7.00. The number of esters is 1. The monoisotopic (exact) mass is 540 g/mol. The quantitative estimate of drug-likeness (QED) is 0.225. The number of carbonyl (C=O) groups excluding carboxylic acids is 3. The molecule has 39 heavy (non-hydrogen) atoms. The highest BCUT2D eigenvalue weighted by atomic mass is 32.1. The lowest BCUT2D eigenvalue weighted by molar-refractivity contribution is -0.117. The number of hydrogen-bond donors (Lipinski definition) is 2. The smallest absolute Gasteiger partial charge is 0.338 e. The van der Waals surface area contributed by atoms with E-state index in [1.807, 2.05) is 30.3 Å². The Morgan fingerprint density at radius 2 is 1.72 bits per heavy atom. The fourth-order valence-corrected chi connectivity index (χ4v) is 5.55. The molecule has 1 atom stereocenters. The summed E-state index contributed by atoms with van der Waals surface area (Å²) in [6.07, 6.45) is 0. The highest BCUT2D eigenvalue weighted by Crippen LogP contribution is 2.44. The first-order valence-electron chi connectivity index (χ1n) is 12.2. The third kappa shape index (κ3) is 4.80. The molecule has 0 bridgehead atoms. The number of aliphatic hydroxyl groups is 1. The molecule has 3 aromatic carbocycles. The van der Waals surface area contributed by atoms with E-state index < -0.39 is 29.5 Å². The standard InChI is InChI=1S/C30H24N2O6S/c1-3-38-30(37)19-12-14-21(15-13-19)32-24(20-10-7-11-22(33)16-20)23(26(35)29(32)36)25(34)27-17(2)31-28(39-27)18-8-5-4-6-9-18/h4-16,24,33,35H,3H2,1-2H3. The molecule has 8 nitrogen and oxygen atoms in total. The molecule has 5 rings (SSSR count). The van der Waals surface area contributed by atoms with Gasteiger partial charge in [0.2, 0.25) is 5.78 Å². The second-order valence-electron chi connectivity index (χ2n) is 8.83. The van der Waals surface area contributed by atoms with Crippen molar-refractivity contribution in [3.63, 3.8) is 0 Å². The molecule has 1 amide bonds. The van der Waals surface area contributed by atoms with Crippen molar-refractivity contribution in [2.75, 3.05) is 11.5 Å². The van der Waals surface area contributed by atoms with Gasteiger partial charge in [0.25, 0.3) is 5.91 Å². The molecule has 0 radical (unpaired) electrons. The number of carbonyl (C=O) groups is 3. The summed E-state index contributed by atoms with van der Waals surface area (Å²) in [5.41, 5.74) is 2.27. The van der Waals surface area contributed by atoms with Crippen LogP contribution < -0.4 is 4.90 Å². The number of amides is 1. The third-order valence-corrected chi connectivity index (χ3v) is 7.52. The molecule has 0 aliphatic carbocycles. The molecule has 1 aliphatic heterocycles. The van der Waals surface area contributed by atoms with Crippen LogP contribution in [0.2, 0.25) is 0 Å². The number of phenols is 1. The second kappa shape index (κ2) is 10.5. The van der Waals surface area contributed by atoms with Crippen LogP contribution in [0, 0.1) is 6.92 Å². The number of aliphatic hydroxyl groups excluding tert-OH is 1. The van der Waals surface area contributed by atoms with Gasteiger partial charge in [0.15, 0.2) is 5.76 Å². The van der Waals surface area contributed by atoms with E-state index in [0.29, 0.717) is 32.4 Å². The van der Waals surface area contributed by atoms with Gasteiger partial charge in [-0.05, 0) is 55.8 Å². The summed E-state index contributed by atoms with van der Waals surface area (Å²) in [7, 11) is 0. The lowest BCUT2D eigenvalue weighted by atomic mass is 9.94. The second-order valence-corrected chi connectivity index (χ2v) is 9.83. The normalized spacial score (nSPS) is 15.1.